The van der Waals surface area contributed by atoms with Gasteiger partial charge in [0.1, 0.15) is 17.2 Å². The van der Waals surface area contributed by atoms with E-state index in [1.54, 1.807) is 12.1 Å². The first-order valence-corrected chi connectivity index (χ1v) is 9.41. The van der Waals surface area contributed by atoms with Gasteiger partial charge in [-0.15, -0.1) is 0 Å². The van der Waals surface area contributed by atoms with Crippen molar-refractivity contribution in [1.29, 1.82) is 0 Å². The molecular formula is C22H21FN2O2. The molecule has 0 radical (unpaired) electrons. The van der Waals surface area contributed by atoms with Crippen molar-refractivity contribution in [2.45, 2.75) is 31.4 Å². The fraction of sp³-hybridized carbons (Fsp3) is 0.318. The van der Waals surface area contributed by atoms with Crippen LogP contribution in [0, 0.1) is 5.82 Å². The molecule has 0 bridgehead atoms. The number of likely N-dealkylation sites (tertiary alicyclic amines) is 1. The van der Waals surface area contributed by atoms with Gasteiger partial charge in [0.25, 0.3) is 0 Å². The number of ether oxygens (including phenoxy) is 1. The quantitative estimate of drug-likeness (QED) is 0.737. The molecule has 1 spiro atoms. The third kappa shape index (κ3) is 2.92. The Morgan fingerprint density at radius 1 is 1.15 bits per heavy atom. The first kappa shape index (κ1) is 16.5. The third-order valence-electron chi connectivity index (χ3n) is 5.89. The van der Waals surface area contributed by atoms with E-state index >= 15 is 0 Å². The summed E-state index contributed by atoms with van der Waals surface area (Å²) in [6, 6.07) is 12.4. The maximum Gasteiger partial charge on any atom is 0.170 e. The molecule has 1 saturated heterocycles. The smallest absolute Gasteiger partial charge is 0.170 e. The Morgan fingerprint density at radius 2 is 1.96 bits per heavy atom. The van der Waals surface area contributed by atoms with Gasteiger partial charge in [0, 0.05) is 49.6 Å². The van der Waals surface area contributed by atoms with Crippen LogP contribution < -0.4 is 4.74 Å². The number of carbonyl (C=O) groups is 1. The van der Waals surface area contributed by atoms with Gasteiger partial charge in [-0.1, -0.05) is 12.1 Å². The van der Waals surface area contributed by atoms with E-state index in [0.29, 0.717) is 17.7 Å². The summed E-state index contributed by atoms with van der Waals surface area (Å²) in [5.41, 5.74) is 2.38. The number of aromatic nitrogens is 1. The Hall–Kier alpha value is -2.66. The van der Waals surface area contributed by atoms with E-state index in [0.717, 1.165) is 48.9 Å². The number of carbonyl (C=O) groups excluding carboxylic acids is 1. The highest BCUT2D eigenvalue weighted by molar-refractivity contribution is 6.00. The second kappa shape index (κ2) is 6.20. The number of Topliss-reactive ketones (excluding diaryl/α,β-unsaturated/α-hetero) is 1. The molecular weight excluding hydrogens is 343 g/mol. The van der Waals surface area contributed by atoms with E-state index in [-0.39, 0.29) is 17.2 Å². The summed E-state index contributed by atoms with van der Waals surface area (Å²) in [6.45, 7) is 2.49. The molecule has 2 aliphatic rings. The Bertz CT molecular complexity index is 1020. The molecule has 1 fully saturated rings. The number of fused-ring (bicyclic) bond motifs is 2. The number of aromatic amines is 1. The lowest BCUT2D eigenvalue weighted by molar-refractivity contribution is -0.0106. The van der Waals surface area contributed by atoms with Gasteiger partial charge in [-0.25, -0.2) is 4.39 Å². The first-order chi connectivity index (χ1) is 13.1. The number of hydrogen-bond acceptors (Lipinski definition) is 3. The van der Waals surface area contributed by atoms with Crippen molar-refractivity contribution in [3.63, 3.8) is 0 Å². The van der Waals surface area contributed by atoms with E-state index in [1.165, 1.54) is 6.07 Å². The number of ketones is 1. The molecule has 0 atom stereocenters. The summed E-state index contributed by atoms with van der Waals surface area (Å²) in [6.07, 6.45) is 4.06. The number of rotatable bonds is 2. The fourth-order valence-corrected chi connectivity index (χ4v) is 4.36. The largest absolute Gasteiger partial charge is 0.486 e. The number of nitrogens with one attached hydrogen (secondary N) is 1. The van der Waals surface area contributed by atoms with Crippen LogP contribution in [-0.2, 0) is 6.54 Å². The standard InChI is InChI=1S/C22H21FN2O2/c23-16-5-6-19-18(11-16)15(13-24-19)14-25-9-7-22(8-10-25)12-20(26)17-3-1-2-4-21(17)27-22/h1-6,11,13,24H,7-10,12,14H2. The highest BCUT2D eigenvalue weighted by Crippen LogP contribution is 2.39. The SMILES string of the molecule is O=C1CC2(CCN(Cc3c[nH]c4ccc(F)cc34)CC2)Oc2ccccc21. The van der Waals surface area contributed by atoms with Crippen molar-refractivity contribution in [3.05, 3.63) is 65.6 Å². The molecule has 0 unspecified atom stereocenters. The molecule has 2 aliphatic heterocycles. The van der Waals surface area contributed by atoms with Crippen LogP contribution in [-0.4, -0.2) is 34.4 Å². The Kier molecular flexibility index (Phi) is 3.79. The van der Waals surface area contributed by atoms with Crippen LogP contribution >= 0.6 is 0 Å². The van der Waals surface area contributed by atoms with Crippen molar-refractivity contribution < 1.29 is 13.9 Å². The summed E-state index contributed by atoms with van der Waals surface area (Å²) in [5.74, 6) is 0.681. The second-order valence-corrected chi connectivity index (χ2v) is 7.66. The predicted octanol–water partition coefficient (Wildman–Crippen LogP) is 4.31. The zero-order valence-corrected chi connectivity index (χ0v) is 15.0. The molecule has 1 aromatic heterocycles. The van der Waals surface area contributed by atoms with Gasteiger partial charge < -0.3 is 9.72 Å². The van der Waals surface area contributed by atoms with Gasteiger partial charge in [0.15, 0.2) is 5.78 Å². The number of hydrogen-bond donors (Lipinski definition) is 1. The lowest BCUT2D eigenvalue weighted by Gasteiger charge is -2.44. The number of piperidine rings is 1. The Morgan fingerprint density at radius 3 is 2.81 bits per heavy atom. The Labute approximate surface area is 156 Å². The molecule has 0 saturated carbocycles. The van der Waals surface area contributed by atoms with Crippen LogP contribution in [0.5, 0.6) is 5.75 Å². The van der Waals surface area contributed by atoms with E-state index in [1.807, 2.05) is 30.5 Å². The van der Waals surface area contributed by atoms with E-state index in [4.69, 9.17) is 4.74 Å². The van der Waals surface area contributed by atoms with Crippen LogP contribution in [0.3, 0.4) is 0 Å². The van der Waals surface area contributed by atoms with Crippen LogP contribution in [0.15, 0.2) is 48.7 Å². The second-order valence-electron chi connectivity index (χ2n) is 7.66. The summed E-state index contributed by atoms with van der Waals surface area (Å²) >= 11 is 0. The normalized spacial score (nSPS) is 19.2. The molecule has 5 heteroatoms. The van der Waals surface area contributed by atoms with E-state index in [9.17, 15) is 9.18 Å². The molecule has 0 aliphatic carbocycles. The topological polar surface area (TPSA) is 45.3 Å². The summed E-state index contributed by atoms with van der Waals surface area (Å²) in [4.78, 5) is 18.1. The van der Waals surface area contributed by atoms with Crippen molar-refractivity contribution in [1.82, 2.24) is 9.88 Å². The van der Waals surface area contributed by atoms with Crippen molar-refractivity contribution in [2.75, 3.05) is 13.1 Å². The molecule has 4 nitrogen and oxygen atoms in total. The van der Waals surface area contributed by atoms with E-state index in [2.05, 4.69) is 9.88 Å². The molecule has 0 amide bonds. The van der Waals surface area contributed by atoms with Crippen LogP contribution in [0.2, 0.25) is 0 Å². The van der Waals surface area contributed by atoms with Crippen molar-refractivity contribution >= 4 is 16.7 Å². The number of para-hydroxylation sites is 1. The zero-order chi connectivity index (χ0) is 18.4. The third-order valence-corrected chi connectivity index (χ3v) is 5.89. The average molecular weight is 364 g/mol. The summed E-state index contributed by atoms with van der Waals surface area (Å²) in [5, 5.41) is 0.938. The summed E-state index contributed by atoms with van der Waals surface area (Å²) < 4.78 is 19.9. The molecule has 27 heavy (non-hydrogen) atoms. The highest BCUT2D eigenvalue weighted by atomic mass is 19.1. The fourth-order valence-electron chi connectivity index (χ4n) is 4.36. The minimum absolute atomic E-state index is 0.178. The van der Waals surface area contributed by atoms with Crippen molar-refractivity contribution in [2.24, 2.45) is 0 Å². The first-order valence-electron chi connectivity index (χ1n) is 9.41. The van der Waals surface area contributed by atoms with Gasteiger partial charge in [-0.05, 0) is 35.9 Å². The number of benzene rings is 2. The maximum atomic E-state index is 13.6. The summed E-state index contributed by atoms with van der Waals surface area (Å²) in [7, 11) is 0. The minimum atomic E-state index is -0.381. The average Bonchev–Trinajstić information content (AvgIpc) is 3.06. The van der Waals surface area contributed by atoms with Gasteiger partial charge in [-0.2, -0.15) is 0 Å². The molecule has 2 aromatic carbocycles. The maximum absolute atomic E-state index is 13.6. The molecule has 3 heterocycles. The van der Waals surface area contributed by atoms with Crippen LogP contribution in [0.4, 0.5) is 4.39 Å². The monoisotopic (exact) mass is 364 g/mol. The van der Waals surface area contributed by atoms with Gasteiger partial charge in [0.05, 0.1) is 12.0 Å². The minimum Gasteiger partial charge on any atom is -0.486 e. The van der Waals surface area contributed by atoms with E-state index < -0.39 is 0 Å². The Balaban J connectivity index is 1.30. The van der Waals surface area contributed by atoms with Gasteiger partial charge in [0.2, 0.25) is 0 Å². The van der Waals surface area contributed by atoms with Gasteiger partial charge in [-0.3, -0.25) is 9.69 Å². The van der Waals surface area contributed by atoms with Crippen LogP contribution in [0.1, 0.15) is 35.2 Å². The van der Waals surface area contributed by atoms with Crippen molar-refractivity contribution in [3.8, 4) is 5.75 Å². The molecule has 3 aromatic rings. The lowest BCUT2D eigenvalue weighted by Crippen LogP contribution is -2.50. The van der Waals surface area contributed by atoms with Gasteiger partial charge >= 0.3 is 0 Å². The number of H-pyrrole nitrogens is 1. The predicted molar refractivity (Wildman–Crippen MR) is 102 cm³/mol. The lowest BCUT2D eigenvalue weighted by atomic mass is 9.82. The van der Waals surface area contributed by atoms with Crippen LogP contribution in [0.25, 0.3) is 10.9 Å². The zero-order valence-electron chi connectivity index (χ0n) is 15.0. The highest BCUT2D eigenvalue weighted by Gasteiger charge is 2.42. The number of halogens is 1. The molecule has 1 N–H and O–H groups in total. The number of nitrogens with zero attached hydrogens (tertiary/aromatic N) is 1. The molecule has 5 rings (SSSR count). The molecule has 138 valence electrons.